The first kappa shape index (κ1) is 15.0. The number of aromatic nitrogens is 2. The van der Waals surface area contributed by atoms with Crippen molar-refractivity contribution in [3.05, 3.63) is 59.8 Å². The van der Waals surface area contributed by atoms with Gasteiger partial charge in [-0.15, -0.1) is 0 Å². The molecule has 0 saturated heterocycles. The summed E-state index contributed by atoms with van der Waals surface area (Å²) in [4.78, 5) is 8.71. The zero-order valence-corrected chi connectivity index (χ0v) is 12.9. The van der Waals surface area contributed by atoms with E-state index in [0.717, 1.165) is 16.7 Å². The Morgan fingerprint density at radius 1 is 0.857 bits per heavy atom. The van der Waals surface area contributed by atoms with E-state index in [4.69, 9.17) is 4.74 Å². The van der Waals surface area contributed by atoms with Gasteiger partial charge >= 0.3 is 0 Å². The normalized spacial score (nSPS) is 9.90. The highest BCUT2D eigenvalue weighted by Gasteiger charge is 2.02. The van der Waals surface area contributed by atoms with Gasteiger partial charge in [-0.1, -0.05) is 31.5 Å². The van der Waals surface area contributed by atoms with Gasteiger partial charge in [0.15, 0.2) is 5.65 Å². The lowest BCUT2D eigenvalue weighted by Crippen LogP contribution is -1.90. The molecule has 3 heteroatoms. The molecule has 3 rings (SSSR count). The van der Waals surface area contributed by atoms with Crippen LogP contribution in [-0.4, -0.2) is 9.97 Å². The van der Waals surface area contributed by atoms with Gasteiger partial charge < -0.3 is 4.74 Å². The molecule has 0 amide bonds. The van der Waals surface area contributed by atoms with Crippen LogP contribution in [0.5, 0.6) is 11.6 Å². The lowest BCUT2D eigenvalue weighted by Gasteiger charge is -2.06. The Labute approximate surface area is 125 Å². The van der Waals surface area contributed by atoms with Crippen molar-refractivity contribution in [2.45, 2.75) is 27.7 Å². The minimum atomic E-state index is 0.563. The standard InChI is InChI=1S/C16H14N2O.C2H6/c1-11-3-6-14(7-4-11)19-15-8-5-13-9-12(2)10-17-16(13)18-15;1-2/h3-10H,1-2H3;1-2H3. The molecular formula is C18H20N2O. The molecular weight excluding hydrogens is 260 g/mol. The van der Waals surface area contributed by atoms with Gasteiger partial charge in [0.1, 0.15) is 5.75 Å². The van der Waals surface area contributed by atoms with Crippen LogP contribution in [0.15, 0.2) is 48.7 Å². The summed E-state index contributed by atoms with van der Waals surface area (Å²) in [5, 5.41) is 1.02. The summed E-state index contributed by atoms with van der Waals surface area (Å²) < 4.78 is 5.72. The highest BCUT2D eigenvalue weighted by Crippen LogP contribution is 2.22. The lowest BCUT2D eigenvalue weighted by atomic mass is 10.2. The highest BCUT2D eigenvalue weighted by molar-refractivity contribution is 5.75. The summed E-state index contributed by atoms with van der Waals surface area (Å²) in [6, 6.07) is 13.8. The highest BCUT2D eigenvalue weighted by atomic mass is 16.5. The van der Waals surface area contributed by atoms with Crippen molar-refractivity contribution in [3.63, 3.8) is 0 Å². The lowest BCUT2D eigenvalue weighted by molar-refractivity contribution is 0.464. The Bertz CT molecular complexity index is 721. The average molecular weight is 280 g/mol. The van der Waals surface area contributed by atoms with Crippen LogP contribution in [0.1, 0.15) is 25.0 Å². The van der Waals surface area contributed by atoms with E-state index >= 15 is 0 Å². The van der Waals surface area contributed by atoms with Crippen molar-refractivity contribution in [3.8, 4) is 11.6 Å². The molecule has 1 aromatic carbocycles. The Morgan fingerprint density at radius 3 is 2.29 bits per heavy atom. The number of aryl methyl sites for hydroxylation is 2. The summed E-state index contributed by atoms with van der Waals surface area (Å²) in [7, 11) is 0. The van der Waals surface area contributed by atoms with Crippen LogP contribution < -0.4 is 4.74 Å². The van der Waals surface area contributed by atoms with Crippen LogP contribution in [0.4, 0.5) is 0 Å². The van der Waals surface area contributed by atoms with Crippen molar-refractivity contribution in [2.24, 2.45) is 0 Å². The second-order valence-electron chi connectivity index (χ2n) is 4.62. The van der Waals surface area contributed by atoms with Crippen LogP contribution in [0.25, 0.3) is 11.0 Å². The Balaban J connectivity index is 0.000000774. The minimum Gasteiger partial charge on any atom is -0.439 e. The van der Waals surface area contributed by atoms with E-state index in [1.807, 2.05) is 70.3 Å². The summed E-state index contributed by atoms with van der Waals surface area (Å²) >= 11 is 0. The smallest absolute Gasteiger partial charge is 0.221 e. The molecule has 0 spiro atoms. The van der Waals surface area contributed by atoms with E-state index in [0.29, 0.717) is 11.5 Å². The fourth-order valence-corrected chi connectivity index (χ4v) is 1.89. The number of hydrogen-bond acceptors (Lipinski definition) is 3. The van der Waals surface area contributed by atoms with Crippen LogP contribution in [-0.2, 0) is 0 Å². The van der Waals surface area contributed by atoms with Gasteiger partial charge in [0, 0.05) is 17.6 Å². The molecule has 0 fully saturated rings. The Morgan fingerprint density at radius 2 is 1.57 bits per heavy atom. The minimum absolute atomic E-state index is 0.563. The van der Waals surface area contributed by atoms with E-state index in [-0.39, 0.29) is 0 Å². The van der Waals surface area contributed by atoms with Gasteiger partial charge in [0.25, 0.3) is 0 Å². The maximum Gasteiger partial charge on any atom is 0.221 e. The monoisotopic (exact) mass is 280 g/mol. The largest absolute Gasteiger partial charge is 0.439 e. The number of benzene rings is 1. The summed E-state index contributed by atoms with van der Waals surface area (Å²) in [5.41, 5.74) is 3.03. The van der Waals surface area contributed by atoms with Crippen LogP contribution in [0.2, 0.25) is 0 Å². The van der Waals surface area contributed by atoms with Gasteiger partial charge in [0.2, 0.25) is 5.88 Å². The molecule has 0 N–H and O–H groups in total. The van der Waals surface area contributed by atoms with Gasteiger partial charge in [-0.3, -0.25) is 0 Å². The van der Waals surface area contributed by atoms with Gasteiger partial charge in [-0.2, -0.15) is 4.98 Å². The maximum atomic E-state index is 5.72. The molecule has 0 atom stereocenters. The van der Waals surface area contributed by atoms with E-state index in [1.165, 1.54) is 5.56 Å². The van der Waals surface area contributed by atoms with E-state index < -0.39 is 0 Å². The second-order valence-corrected chi connectivity index (χ2v) is 4.62. The molecule has 3 nitrogen and oxygen atoms in total. The number of pyridine rings is 2. The van der Waals surface area contributed by atoms with Crippen molar-refractivity contribution in [2.75, 3.05) is 0 Å². The van der Waals surface area contributed by atoms with Crippen molar-refractivity contribution in [1.29, 1.82) is 0 Å². The van der Waals surface area contributed by atoms with Crippen molar-refractivity contribution in [1.82, 2.24) is 9.97 Å². The molecule has 0 aliphatic carbocycles. The number of hydrogen-bond donors (Lipinski definition) is 0. The van der Waals surface area contributed by atoms with Gasteiger partial charge in [-0.05, 0) is 43.7 Å². The molecule has 2 aromatic heterocycles. The molecule has 0 saturated carbocycles. The van der Waals surface area contributed by atoms with Crippen LogP contribution in [0, 0.1) is 13.8 Å². The van der Waals surface area contributed by atoms with Gasteiger partial charge in [-0.25, -0.2) is 4.98 Å². The fourth-order valence-electron chi connectivity index (χ4n) is 1.89. The molecule has 3 aromatic rings. The van der Waals surface area contributed by atoms with E-state index in [9.17, 15) is 0 Å². The quantitative estimate of drug-likeness (QED) is 0.657. The molecule has 0 unspecified atom stereocenters. The molecule has 108 valence electrons. The number of fused-ring (bicyclic) bond motifs is 1. The molecule has 21 heavy (non-hydrogen) atoms. The molecule has 0 aliphatic heterocycles. The summed E-state index contributed by atoms with van der Waals surface area (Å²) in [6.07, 6.45) is 1.81. The molecule has 0 radical (unpaired) electrons. The van der Waals surface area contributed by atoms with E-state index in [2.05, 4.69) is 16.0 Å². The summed E-state index contributed by atoms with van der Waals surface area (Å²) in [6.45, 7) is 8.06. The number of ether oxygens (including phenoxy) is 1. The van der Waals surface area contributed by atoms with Gasteiger partial charge in [0.05, 0.1) is 0 Å². The predicted octanol–water partition coefficient (Wildman–Crippen LogP) is 5.07. The fraction of sp³-hybridized carbons (Fsp3) is 0.222. The average Bonchev–Trinajstić information content (AvgIpc) is 2.52. The Kier molecular flexibility index (Phi) is 4.88. The first-order chi connectivity index (χ1) is 10.2. The number of nitrogens with zero attached hydrogens (tertiary/aromatic N) is 2. The number of rotatable bonds is 2. The second kappa shape index (κ2) is 6.84. The first-order valence-electron chi connectivity index (χ1n) is 7.19. The third kappa shape index (κ3) is 3.78. The Hall–Kier alpha value is -2.42. The predicted molar refractivity (Wildman–Crippen MR) is 86.9 cm³/mol. The van der Waals surface area contributed by atoms with Crippen molar-refractivity contribution < 1.29 is 4.74 Å². The zero-order valence-electron chi connectivity index (χ0n) is 12.9. The molecule has 2 heterocycles. The third-order valence-corrected chi connectivity index (χ3v) is 2.90. The molecule has 0 bridgehead atoms. The zero-order chi connectivity index (χ0) is 15.2. The van der Waals surface area contributed by atoms with Crippen molar-refractivity contribution >= 4 is 11.0 Å². The molecule has 0 aliphatic rings. The summed E-state index contributed by atoms with van der Waals surface area (Å²) in [5.74, 6) is 1.34. The maximum absolute atomic E-state index is 5.72. The SMILES string of the molecule is CC.Cc1ccc(Oc2ccc3cc(C)cnc3n2)cc1. The van der Waals surface area contributed by atoms with E-state index in [1.54, 1.807) is 0 Å². The van der Waals surface area contributed by atoms with Crippen LogP contribution >= 0.6 is 0 Å². The third-order valence-electron chi connectivity index (χ3n) is 2.90. The van der Waals surface area contributed by atoms with Crippen LogP contribution in [0.3, 0.4) is 0 Å². The topological polar surface area (TPSA) is 35.0 Å². The first-order valence-corrected chi connectivity index (χ1v) is 7.19.